The van der Waals surface area contributed by atoms with Crippen molar-refractivity contribution in [1.82, 2.24) is 5.32 Å². The SMILES string of the molecule is COCCNC1C(=O)Nc2ccc(F)cc21. The van der Waals surface area contributed by atoms with Gasteiger partial charge in [-0.25, -0.2) is 4.39 Å². The summed E-state index contributed by atoms with van der Waals surface area (Å²) >= 11 is 0. The third-order valence-electron chi connectivity index (χ3n) is 2.50. The second-order valence-corrected chi connectivity index (χ2v) is 3.60. The van der Waals surface area contributed by atoms with Gasteiger partial charge in [-0.2, -0.15) is 0 Å². The molecule has 0 aromatic heterocycles. The van der Waals surface area contributed by atoms with Crippen molar-refractivity contribution in [1.29, 1.82) is 0 Å². The number of nitrogens with one attached hydrogen (secondary N) is 2. The van der Waals surface area contributed by atoms with E-state index in [0.29, 0.717) is 24.4 Å². The summed E-state index contributed by atoms with van der Waals surface area (Å²) in [6.07, 6.45) is 0. The fraction of sp³-hybridized carbons (Fsp3) is 0.364. The van der Waals surface area contributed by atoms with Crippen LogP contribution in [0.15, 0.2) is 18.2 Å². The van der Waals surface area contributed by atoms with Gasteiger partial charge in [0.1, 0.15) is 11.9 Å². The van der Waals surface area contributed by atoms with E-state index < -0.39 is 6.04 Å². The van der Waals surface area contributed by atoms with E-state index in [1.54, 1.807) is 13.2 Å². The van der Waals surface area contributed by atoms with Gasteiger partial charge in [0.2, 0.25) is 5.91 Å². The normalized spacial score (nSPS) is 18.4. The summed E-state index contributed by atoms with van der Waals surface area (Å²) < 4.78 is 17.9. The van der Waals surface area contributed by atoms with Crippen molar-refractivity contribution in [3.63, 3.8) is 0 Å². The standard InChI is InChI=1S/C11H13FN2O2/c1-16-5-4-13-10-8-6-7(12)2-3-9(8)14-11(10)15/h2-3,6,10,13H,4-5H2,1H3,(H,14,15). The summed E-state index contributed by atoms with van der Waals surface area (Å²) in [5.74, 6) is -0.495. The lowest BCUT2D eigenvalue weighted by Gasteiger charge is -2.10. The molecule has 4 nitrogen and oxygen atoms in total. The molecule has 0 bridgehead atoms. The maximum absolute atomic E-state index is 13.1. The minimum absolute atomic E-state index is 0.156. The topological polar surface area (TPSA) is 50.4 Å². The van der Waals surface area contributed by atoms with E-state index in [-0.39, 0.29) is 11.7 Å². The number of carbonyl (C=O) groups is 1. The fourth-order valence-corrected chi connectivity index (χ4v) is 1.74. The van der Waals surface area contributed by atoms with Crippen LogP contribution in [0.4, 0.5) is 10.1 Å². The van der Waals surface area contributed by atoms with Gasteiger partial charge in [-0.05, 0) is 18.2 Å². The third kappa shape index (κ3) is 2.05. The molecule has 1 atom stereocenters. The number of amides is 1. The molecule has 0 fully saturated rings. The Kier molecular flexibility index (Phi) is 3.17. The van der Waals surface area contributed by atoms with E-state index in [9.17, 15) is 9.18 Å². The van der Waals surface area contributed by atoms with Crippen LogP contribution in [-0.4, -0.2) is 26.2 Å². The highest BCUT2D eigenvalue weighted by atomic mass is 19.1. The van der Waals surface area contributed by atoms with Gasteiger partial charge in [0, 0.05) is 24.9 Å². The van der Waals surface area contributed by atoms with Gasteiger partial charge in [0.25, 0.3) is 0 Å². The van der Waals surface area contributed by atoms with Crippen LogP contribution in [0, 0.1) is 5.82 Å². The summed E-state index contributed by atoms with van der Waals surface area (Å²) in [5.41, 5.74) is 1.32. The molecular formula is C11H13FN2O2. The molecule has 5 heteroatoms. The largest absolute Gasteiger partial charge is 0.383 e. The minimum atomic E-state index is -0.485. The second kappa shape index (κ2) is 4.59. The molecule has 16 heavy (non-hydrogen) atoms. The molecule has 1 amide bonds. The maximum Gasteiger partial charge on any atom is 0.246 e. The number of carbonyl (C=O) groups excluding carboxylic acids is 1. The third-order valence-corrected chi connectivity index (χ3v) is 2.50. The van der Waals surface area contributed by atoms with Crippen LogP contribution in [0.1, 0.15) is 11.6 Å². The quantitative estimate of drug-likeness (QED) is 0.752. The van der Waals surface area contributed by atoms with E-state index in [1.165, 1.54) is 12.1 Å². The highest BCUT2D eigenvalue weighted by Gasteiger charge is 2.30. The van der Waals surface area contributed by atoms with E-state index in [2.05, 4.69) is 10.6 Å². The monoisotopic (exact) mass is 224 g/mol. The van der Waals surface area contributed by atoms with Crippen molar-refractivity contribution in [3.05, 3.63) is 29.6 Å². The van der Waals surface area contributed by atoms with Crippen LogP contribution >= 0.6 is 0 Å². The van der Waals surface area contributed by atoms with Crippen LogP contribution in [0.25, 0.3) is 0 Å². The lowest BCUT2D eigenvalue weighted by atomic mass is 10.1. The number of benzene rings is 1. The average molecular weight is 224 g/mol. The smallest absolute Gasteiger partial charge is 0.246 e. The summed E-state index contributed by atoms with van der Waals surface area (Å²) in [5, 5.41) is 5.70. The van der Waals surface area contributed by atoms with Crippen LogP contribution in [0.2, 0.25) is 0 Å². The zero-order valence-corrected chi connectivity index (χ0v) is 8.92. The Morgan fingerprint density at radius 1 is 1.56 bits per heavy atom. The Hall–Kier alpha value is -1.46. The second-order valence-electron chi connectivity index (χ2n) is 3.60. The molecule has 0 saturated carbocycles. The lowest BCUT2D eigenvalue weighted by Crippen LogP contribution is -2.30. The van der Waals surface area contributed by atoms with Crippen molar-refractivity contribution in [2.24, 2.45) is 0 Å². The van der Waals surface area contributed by atoms with Crippen molar-refractivity contribution in [3.8, 4) is 0 Å². The van der Waals surface area contributed by atoms with Gasteiger partial charge < -0.3 is 10.1 Å². The lowest BCUT2D eigenvalue weighted by molar-refractivity contribution is -0.117. The highest BCUT2D eigenvalue weighted by molar-refractivity contribution is 6.02. The number of hydrogen-bond acceptors (Lipinski definition) is 3. The van der Waals surface area contributed by atoms with Gasteiger partial charge in [0.05, 0.1) is 6.61 Å². The van der Waals surface area contributed by atoms with Crippen molar-refractivity contribution < 1.29 is 13.9 Å². The first-order valence-corrected chi connectivity index (χ1v) is 5.05. The molecule has 86 valence electrons. The first-order chi connectivity index (χ1) is 7.72. The van der Waals surface area contributed by atoms with Gasteiger partial charge in [-0.3, -0.25) is 10.1 Å². The number of halogens is 1. The maximum atomic E-state index is 13.1. The summed E-state index contributed by atoms with van der Waals surface area (Å²) in [7, 11) is 1.59. The van der Waals surface area contributed by atoms with Crippen LogP contribution in [0.5, 0.6) is 0 Å². The molecule has 0 aliphatic carbocycles. The van der Waals surface area contributed by atoms with Crippen LogP contribution in [-0.2, 0) is 9.53 Å². The number of methoxy groups -OCH3 is 1. The van der Waals surface area contributed by atoms with Gasteiger partial charge in [-0.1, -0.05) is 0 Å². The zero-order valence-electron chi connectivity index (χ0n) is 8.92. The van der Waals surface area contributed by atoms with Crippen molar-refractivity contribution >= 4 is 11.6 Å². The number of anilines is 1. The Balaban J connectivity index is 2.15. The number of rotatable bonds is 4. The molecule has 0 spiro atoms. The van der Waals surface area contributed by atoms with E-state index in [0.717, 1.165) is 0 Å². The molecule has 1 aromatic carbocycles. The zero-order chi connectivity index (χ0) is 11.5. The molecule has 1 aliphatic rings. The first kappa shape index (κ1) is 11.0. The Labute approximate surface area is 92.8 Å². The predicted octanol–water partition coefficient (Wildman–Crippen LogP) is 1.05. The Morgan fingerprint density at radius 3 is 3.12 bits per heavy atom. The average Bonchev–Trinajstić information content (AvgIpc) is 2.56. The van der Waals surface area contributed by atoms with Crippen LogP contribution in [0.3, 0.4) is 0 Å². The predicted molar refractivity (Wildman–Crippen MR) is 57.6 cm³/mol. The molecular weight excluding hydrogens is 211 g/mol. The van der Waals surface area contributed by atoms with Crippen molar-refractivity contribution in [2.75, 3.05) is 25.6 Å². The Bertz CT molecular complexity index is 409. The van der Waals surface area contributed by atoms with Crippen molar-refractivity contribution in [2.45, 2.75) is 6.04 Å². The van der Waals surface area contributed by atoms with Gasteiger partial charge in [0.15, 0.2) is 0 Å². The van der Waals surface area contributed by atoms with Gasteiger partial charge in [-0.15, -0.1) is 0 Å². The summed E-state index contributed by atoms with van der Waals surface area (Å²) in [6.45, 7) is 1.05. The van der Waals surface area contributed by atoms with E-state index in [1.807, 2.05) is 0 Å². The molecule has 0 saturated heterocycles. The first-order valence-electron chi connectivity index (χ1n) is 5.05. The number of fused-ring (bicyclic) bond motifs is 1. The van der Waals surface area contributed by atoms with E-state index in [4.69, 9.17) is 4.74 Å². The van der Waals surface area contributed by atoms with Crippen LogP contribution < -0.4 is 10.6 Å². The van der Waals surface area contributed by atoms with E-state index >= 15 is 0 Å². The minimum Gasteiger partial charge on any atom is -0.383 e. The highest BCUT2D eigenvalue weighted by Crippen LogP contribution is 2.30. The Morgan fingerprint density at radius 2 is 2.38 bits per heavy atom. The molecule has 1 aromatic rings. The molecule has 2 rings (SSSR count). The summed E-state index contributed by atoms with van der Waals surface area (Å²) in [4.78, 5) is 11.6. The number of hydrogen-bond donors (Lipinski definition) is 2. The molecule has 1 heterocycles. The molecule has 0 radical (unpaired) electrons. The fourth-order valence-electron chi connectivity index (χ4n) is 1.74. The number of ether oxygens (including phenoxy) is 1. The van der Waals surface area contributed by atoms with Gasteiger partial charge >= 0.3 is 0 Å². The molecule has 1 unspecified atom stereocenters. The molecule has 2 N–H and O–H groups in total. The molecule has 1 aliphatic heterocycles. The summed E-state index contributed by atoms with van der Waals surface area (Å²) in [6, 6.07) is 3.79.